The van der Waals surface area contributed by atoms with E-state index in [4.69, 9.17) is 14.7 Å². The molecular weight excluding hydrogens is 468 g/mol. The molecule has 0 radical (unpaired) electrons. The van der Waals surface area contributed by atoms with E-state index >= 15 is 0 Å². The summed E-state index contributed by atoms with van der Waals surface area (Å²) in [5.74, 6) is 0.519. The molecule has 5 unspecified atom stereocenters. The van der Waals surface area contributed by atoms with Crippen LogP contribution in [0.25, 0.3) is 5.69 Å². The number of imidazole rings is 1. The minimum Gasteiger partial charge on any atom is -0.462 e. The van der Waals surface area contributed by atoms with E-state index in [1.54, 1.807) is 53.1 Å². The van der Waals surface area contributed by atoms with Crippen molar-refractivity contribution in [3.05, 3.63) is 71.7 Å². The molecule has 2 aliphatic heterocycles. The zero-order valence-corrected chi connectivity index (χ0v) is 18.8. The van der Waals surface area contributed by atoms with Crippen LogP contribution in [0.5, 0.6) is 5.75 Å². The Morgan fingerprint density at radius 1 is 1.06 bits per heavy atom. The molecule has 2 aromatic carbocycles. The van der Waals surface area contributed by atoms with Crippen LogP contribution in [0.3, 0.4) is 0 Å². The third-order valence-corrected chi connectivity index (χ3v) is 6.14. The van der Waals surface area contributed by atoms with Gasteiger partial charge in [-0.2, -0.15) is 5.26 Å². The van der Waals surface area contributed by atoms with E-state index in [1.165, 1.54) is 6.33 Å². The van der Waals surface area contributed by atoms with Gasteiger partial charge in [-0.3, -0.25) is 9.36 Å². The molecule has 0 spiro atoms. The Balaban J connectivity index is 1.38. The van der Waals surface area contributed by atoms with Crippen molar-refractivity contribution in [1.29, 1.82) is 5.26 Å². The number of rotatable bonds is 5. The van der Waals surface area contributed by atoms with Crippen molar-refractivity contribution in [2.45, 2.75) is 37.1 Å². The molecule has 0 bridgehead atoms. The van der Waals surface area contributed by atoms with Crippen molar-refractivity contribution in [2.75, 3.05) is 6.61 Å². The maximum atomic E-state index is 12.8. The monoisotopic (exact) mass is 490 g/mol. The number of carbonyl (C=O) groups excluding carboxylic acids is 1. The van der Waals surface area contributed by atoms with Crippen LogP contribution in [0, 0.1) is 11.3 Å². The summed E-state index contributed by atoms with van der Waals surface area (Å²) in [7, 11) is 0. The minimum absolute atomic E-state index is 0.0598. The highest BCUT2D eigenvalue weighted by atomic mass is 16.7. The third-order valence-electron chi connectivity index (χ3n) is 6.14. The van der Waals surface area contributed by atoms with Crippen LogP contribution >= 0.6 is 0 Å². The fourth-order valence-electron chi connectivity index (χ4n) is 4.13. The van der Waals surface area contributed by atoms with Gasteiger partial charge in [-0.1, -0.05) is 0 Å². The summed E-state index contributed by atoms with van der Waals surface area (Å²) in [4.78, 5) is 21.7. The first kappa shape index (κ1) is 23.8. The number of ketones is 1. The number of nitriles is 1. The van der Waals surface area contributed by atoms with Crippen LogP contribution in [0.15, 0.2) is 59.9 Å². The van der Waals surface area contributed by atoms with Crippen LogP contribution in [-0.4, -0.2) is 78.8 Å². The number of aliphatic hydroxyl groups excluding tert-OH is 4. The highest BCUT2D eigenvalue weighted by Crippen LogP contribution is 2.31. The number of nitrogens with zero attached hydrogens (tertiary/aromatic N) is 4. The molecule has 4 N–H and O–H groups in total. The van der Waals surface area contributed by atoms with Gasteiger partial charge >= 0.3 is 0 Å². The van der Waals surface area contributed by atoms with Crippen LogP contribution < -0.4 is 4.74 Å². The summed E-state index contributed by atoms with van der Waals surface area (Å²) >= 11 is 0. The van der Waals surface area contributed by atoms with Gasteiger partial charge in [-0.15, -0.1) is 0 Å². The smallest absolute Gasteiger partial charge is 0.229 e. The largest absolute Gasteiger partial charge is 0.462 e. The molecule has 5 atom stereocenters. The summed E-state index contributed by atoms with van der Waals surface area (Å²) in [5, 5.41) is 48.4. The lowest BCUT2D eigenvalue weighted by atomic mass is 9.99. The molecule has 1 fully saturated rings. The molecule has 1 aromatic heterocycles. The summed E-state index contributed by atoms with van der Waals surface area (Å²) in [6.07, 6.45) is -5.34. The average molecular weight is 490 g/mol. The Labute approximate surface area is 205 Å². The maximum absolute atomic E-state index is 12.8. The number of aliphatic imine (C=N–C) groups is 1. The van der Waals surface area contributed by atoms with Crippen molar-refractivity contribution in [2.24, 2.45) is 4.99 Å². The summed E-state index contributed by atoms with van der Waals surface area (Å²) in [6.45, 7) is -0.557. The lowest BCUT2D eigenvalue weighted by molar-refractivity contribution is -0.277. The standard InChI is InChI=1S/C25H22N4O7/c26-10-13-1-5-15(6-2-13)29-12-27-20-18(31)9-17(28-24(20)29)14-3-7-16(8-4-14)35-25-23(34)22(33)21(32)19(11-30)36-25/h1-8,12,19,21-23,25,30,32-34H,9,11H2. The van der Waals surface area contributed by atoms with E-state index in [2.05, 4.69) is 16.0 Å². The fraction of sp³-hybridized carbons (Fsp3) is 0.280. The number of benzene rings is 2. The minimum atomic E-state index is -1.54. The summed E-state index contributed by atoms with van der Waals surface area (Å²) in [5.41, 5.74) is 2.69. The normalized spacial score (nSPS) is 25.6. The van der Waals surface area contributed by atoms with Gasteiger partial charge in [0.1, 0.15) is 36.5 Å². The number of hydrogen-bond donors (Lipinski definition) is 4. The topological polar surface area (TPSA) is 170 Å². The van der Waals surface area contributed by atoms with Crippen LogP contribution in [0.2, 0.25) is 0 Å². The van der Waals surface area contributed by atoms with E-state index in [-0.39, 0.29) is 17.9 Å². The molecule has 184 valence electrons. The van der Waals surface area contributed by atoms with E-state index in [0.717, 1.165) is 0 Å². The van der Waals surface area contributed by atoms with Gasteiger partial charge in [-0.05, 0) is 54.1 Å². The second kappa shape index (κ2) is 9.62. The van der Waals surface area contributed by atoms with Gasteiger partial charge in [0.15, 0.2) is 17.3 Å². The number of ether oxygens (including phenoxy) is 2. The van der Waals surface area contributed by atoms with Gasteiger partial charge in [0.25, 0.3) is 0 Å². The number of Topliss-reactive ketones (excluding diaryl/α,β-unsaturated/α-hetero) is 1. The average Bonchev–Trinajstić information content (AvgIpc) is 3.34. The number of fused-ring (bicyclic) bond motifs is 1. The van der Waals surface area contributed by atoms with E-state index in [0.29, 0.717) is 34.1 Å². The van der Waals surface area contributed by atoms with Crippen LogP contribution in [-0.2, 0) is 4.74 Å². The summed E-state index contributed by atoms with van der Waals surface area (Å²) < 4.78 is 12.7. The first-order valence-corrected chi connectivity index (χ1v) is 11.2. The van der Waals surface area contributed by atoms with Crippen molar-refractivity contribution >= 4 is 17.3 Å². The maximum Gasteiger partial charge on any atom is 0.229 e. The molecule has 2 aliphatic rings. The van der Waals surface area contributed by atoms with Crippen molar-refractivity contribution in [3.8, 4) is 17.5 Å². The lowest BCUT2D eigenvalue weighted by Gasteiger charge is -2.39. The molecule has 0 aliphatic carbocycles. The van der Waals surface area contributed by atoms with Crippen LogP contribution in [0.1, 0.15) is 28.0 Å². The molecule has 0 saturated carbocycles. The Morgan fingerprint density at radius 3 is 2.44 bits per heavy atom. The second-order valence-corrected chi connectivity index (χ2v) is 8.44. The van der Waals surface area contributed by atoms with Crippen molar-refractivity contribution < 1.29 is 34.7 Å². The van der Waals surface area contributed by atoms with E-state index < -0.39 is 37.3 Å². The van der Waals surface area contributed by atoms with Crippen molar-refractivity contribution in [3.63, 3.8) is 0 Å². The Bertz CT molecular complexity index is 1340. The Kier molecular flexibility index (Phi) is 6.36. The first-order chi connectivity index (χ1) is 17.4. The van der Waals surface area contributed by atoms with Gasteiger partial charge in [0.2, 0.25) is 6.29 Å². The Hall–Kier alpha value is -3.92. The molecule has 1 saturated heterocycles. The lowest BCUT2D eigenvalue weighted by Crippen LogP contribution is -2.60. The quantitative estimate of drug-likeness (QED) is 0.400. The third kappa shape index (κ3) is 4.28. The van der Waals surface area contributed by atoms with E-state index in [9.17, 15) is 25.2 Å². The molecule has 5 rings (SSSR count). The SMILES string of the molecule is N#Cc1ccc(-n2cnc3c2N=C(c2ccc(OC4OC(CO)C(O)C(O)C4O)cc2)CC3=O)cc1. The zero-order chi connectivity index (χ0) is 25.4. The molecule has 11 heteroatoms. The molecule has 0 amide bonds. The molecule has 11 nitrogen and oxygen atoms in total. The second-order valence-electron chi connectivity index (χ2n) is 8.44. The zero-order valence-electron chi connectivity index (χ0n) is 18.8. The number of aliphatic hydroxyl groups is 4. The van der Waals surface area contributed by atoms with E-state index in [1.807, 2.05) is 0 Å². The van der Waals surface area contributed by atoms with Crippen molar-refractivity contribution in [1.82, 2.24) is 9.55 Å². The fourth-order valence-corrected chi connectivity index (χ4v) is 4.13. The number of hydrogen-bond acceptors (Lipinski definition) is 10. The molecule has 36 heavy (non-hydrogen) atoms. The molecular formula is C25H22N4O7. The van der Waals surface area contributed by atoms with Gasteiger partial charge < -0.3 is 29.9 Å². The van der Waals surface area contributed by atoms with Crippen LogP contribution in [0.4, 0.5) is 5.82 Å². The Morgan fingerprint density at radius 2 is 1.78 bits per heavy atom. The number of aromatic nitrogens is 2. The molecule has 3 aromatic rings. The molecule has 3 heterocycles. The highest BCUT2D eigenvalue weighted by molar-refractivity contribution is 6.20. The predicted molar refractivity (Wildman–Crippen MR) is 124 cm³/mol. The summed E-state index contributed by atoms with van der Waals surface area (Å²) in [6, 6.07) is 15.5. The van der Waals surface area contributed by atoms with Gasteiger partial charge in [0, 0.05) is 5.69 Å². The predicted octanol–water partition coefficient (Wildman–Crippen LogP) is 0.630. The van der Waals surface area contributed by atoms with Gasteiger partial charge in [-0.25, -0.2) is 9.98 Å². The van der Waals surface area contributed by atoms with Gasteiger partial charge in [0.05, 0.1) is 30.4 Å². The first-order valence-electron chi connectivity index (χ1n) is 11.2. The number of carbonyl (C=O) groups is 1. The highest BCUT2D eigenvalue weighted by Gasteiger charge is 2.44.